The molecule has 5 heteroatoms. The van der Waals surface area contributed by atoms with Gasteiger partial charge in [0.2, 0.25) is 0 Å². The fourth-order valence-electron chi connectivity index (χ4n) is 1.87. The molecule has 2 rings (SSSR count). The van der Waals surface area contributed by atoms with Crippen molar-refractivity contribution < 1.29 is 13.7 Å². The van der Waals surface area contributed by atoms with Crippen molar-refractivity contribution in [1.82, 2.24) is 5.16 Å². The van der Waals surface area contributed by atoms with Crippen LogP contribution in [0.1, 0.15) is 30.4 Å². The zero-order valence-electron chi connectivity index (χ0n) is 11.7. The Bertz CT molecular complexity index is 569. The molecular formula is C15H19FN2O2. The first-order valence-corrected chi connectivity index (χ1v) is 6.67. The molecule has 0 aliphatic carbocycles. The molecule has 0 saturated heterocycles. The van der Waals surface area contributed by atoms with Crippen molar-refractivity contribution in [2.24, 2.45) is 5.73 Å². The van der Waals surface area contributed by atoms with Gasteiger partial charge in [-0.3, -0.25) is 0 Å². The highest BCUT2D eigenvalue weighted by atomic mass is 19.1. The van der Waals surface area contributed by atoms with E-state index in [1.807, 2.05) is 13.0 Å². The Morgan fingerprint density at radius 2 is 2.20 bits per heavy atom. The first-order chi connectivity index (χ1) is 9.58. The lowest BCUT2D eigenvalue weighted by Gasteiger charge is -2.10. The zero-order chi connectivity index (χ0) is 14.5. The smallest absolute Gasteiger partial charge is 0.165 e. The van der Waals surface area contributed by atoms with Gasteiger partial charge in [0.05, 0.1) is 0 Å². The summed E-state index contributed by atoms with van der Waals surface area (Å²) in [6.07, 6.45) is 1.53. The Hall–Kier alpha value is -1.88. The van der Waals surface area contributed by atoms with Gasteiger partial charge in [0.15, 0.2) is 11.6 Å². The van der Waals surface area contributed by atoms with E-state index >= 15 is 0 Å². The molecule has 0 spiro atoms. The Labute approximate surface area is 117 Å². The zero-order valence-corrected chi connectivity index (χ0v) is 11.7. The number of halogens is 1. The van der Waals surface area contributed by atoms with Gasteiger partial charge in [-0.1, -0.05) is 18.1 Å². The molecule has 0 aliphatic rings. The number of aryl methyl sites for hydroxylation is 1. The van der Waals surface area contributed by atoms with Gasteiger partial charge < -0.3 is 15.0 Å². The van der Waals surface area contributed by atoms with Gasteiger partial charge >= 0.3 is 0 Å². The Balaban J connectivity index is 1.98. The lowest BCUT2D eigenvalue weighted by molar-refractivity contribution is 0.275. The van der Waals surface area contributed by atoms with E-state index in [2.05, 4.69) is 5.16 Å². The average molecular weight is 278 g/mol. The fourth-order valence-corrected chi connectivity index (χ4v) is 1.87. The summed E-state index contributed by atoms with van der Waals surface area (Å²) in [7, 11) is 0. The first-order valence-electron chi connectivity index (χ1n) is 6.67. The molecule has 0 saturated carbocycles. The summed E-state index contributed by atoms with van der Waals surface area (Å²) in [5, 5.41) is 3.79. The molecule has 0 bridgehead atoms. The summed E-state index contributed by atoms with van der Waals surface area (Å²) in [4.78, 5) is 0. The predicted molar refractivity (Wildman–Crippen MR) is 73.9 cm³/mol. The van der Waals surface area contributed by atoms with E-state index in [1.54, 1.807) is 19.1 Å². The van der Waals surface area contributed by atoms with Gasteiger partial charge in [0.25, 0.3) is 0 Å². The summed E-state index contributed by atoms with van der Waals surface area (Å²) in [6.45, 7) is 3.99. The maximum Gasteiger partial charge on any atom is 0.165 e. The largest absolute Gasteiger partial charge is 0.484 e. The van der Waals surface area contributed by atoms with Crippen molar-refractivity contribution in [3.05, 3.63) is 47.1 Å². The number of rotatable bonds is 6. The maximum absolute atomic E-state index is 13.9. The van der Waals surface area contributed by atoms with Crippen molar-refractivity contribution >= 4 is 0 Å². The van der Waals surface area contributed by atoms with E-state index in [-0.39, 0.29) is 24.2 Å². The van der Waals surface area contributed by atoms with E-state index < -0.39 is 0 Å². The Morgan fingerprint density at radius 1 is 1.40 bits per heavy atom. The molecule has 2 aromatic rings. The molecule has 20 heavy (non-hydrogen) atoms. The monoisotopic (exact) mass is 278 g/mol. The molecule has 1 heterocycles. The topological polar surface area (TPSA) is 61.3 Å². The molecule has 0 aliphatic heterocycles. The summed E-state index contributed by atoms with van der Waals surface area (Å²) in [5.41, 5.74) is 7.37. The lowest BCUT2D eigenvalue weighted by atomic mass is 10.0. The first kappa shape index (κ1) is 14.5. The maximum atomic E-state index is 13.9. The highest BCUT2D eigenvalue weighted by molar-refractivity contribution is 5.30. The second-order valence-corrected chi connectivity index (χ2v) is 4.85. The summed E-state index contributed by atoms with van der Waals surface area (Å²) in [6, 6.07) is 6.74. The number of nitrogens with two attached hydrogens (primary N) is 1. The molecule has 0 fully saturated rings. The van der Waals surface area contributed by atoms with Crippen LogP contribution >= 0.6 is 0 Å². The molecule has 4 nitrogen and oxygen atoms in total. The minimum atomic E-state index is -0.383. The lowest BCUT2D eigenvalue weighted by Crippen LogP contribution is -2.21. The van der Waals surface area contributed by atoms with E-state index in [0.717, 1.165) is 12.0 Å². The van der Waals surface area contributed by atoms with Gasteiger partial charge in [0.1, 0.15) is 18.1 Å². The summed E-state index contributed by atoms with van der Waals surface area (Å²) >= 11 is 0. The average Bonchev–Trinajstić information content (AvgIpc) is 2.83. The van der Waals surface area contributed by atoms with Crippen molar-refractivity contribution in [2.75, 3.05) is 0 Å². The Kier molecular flexibility index (Phi) is 4.74. The molecular weight excluding hydrogens is 259 g/mol. The normalized spacial score (nSPS) is 12.4. The number of ether oxygens (including phenoxy) is 1. The molecule has 1 aromatic carbocycles. The van der Waals surface area contributed by atoms with Gasteiger partial charge in [-0.2, -0.15) is 0 Å². The highest BCUT2D eigenvalue weighted by Gasteiger charge is 2.09. The number of hydrogen-bond donors (Lipinski definition) is 1. The SMILES string of the molecule is CCC(N)Cc1ccc(OCc2cc(C)on2)c(F)c1. The second-order valence-electron chi connectivity index (χ2n) is 4.85. The molecule has 0 radical (unpaired) electrons. The van der Waals surface area contributed by atoms with Crippen LogP contribution in [0.15, 0.2) is 28.8 Å². The molecule has 0 amide bonds. The van der Waals surface area contributed by atoms with Crippen LogP contribution in [0.25, 0.3) is 0 Å². The van der Waals surface area contributed by atoms with Crippen LogP contribution < -0.4 is 10.5 Å². The molecule has 1 atom stereocenters. The van der Waals surface area contributed by atoms with E-state index in [0.29, 0.717) is 17.9 Å². The molecule has 108 valence electrons. The third-order valence-corrected chi connectivity index (χ3v) is 3.07. The van der Waals surface area contributed by atoms with Crippen LogP contribution in [0, 0.1) is 12.7 Å². The van der Waals surface area contributed by atoms with Gasteiger partial charge in [-0.15, -0.1) is 0 Å². The fraction of sp³-hybridized carbons (Fsp3) is 0.400. The summed E-state index contributed by atoms with van der Waals surface area (Å²) in [5.74, 6) is 0.526. The van der Waals surface area contributed by atoms with E-state index in [4.69, 9.17) is 15.0 Å². The third-order valence-electron chi connectivity index (χ3n) is 3.07. The number of nitrogens with zero attached hydrogens (tertiary/aromatic N) is 1. The minimum absolute atomic E-state index is 0.0549. The van der Waals surface area contributed by atoms with Gasteiger partial charge in [-0.05, 0) is 37.5 Å². The quantitative estimate of drug-likeness (QED) is 0.882. The Morgan fingerprint density at radius 3 is 2.80 bits per heavy atom. The van der Waals surface area contributed by atoms with Crippen molar-refractivity contribution in [2.45, 2.75) is 39.3 Å². The minimum Gasteiger partial charge on any atom is -0.484 e. The standard InChI is InChI=1S/C15H19FN2O2/c1-3-12(17)7-11-4-5-15(14(16)8-11)19-9-13-6-10(2)20-18-13/h4-6,8,12H,3,7,9,17H2,1-2H3. The second kappa shape index (κ2) is 6.52. The third kappa shape index (κ3) is 3.81. The molecule has 1 unspecified atom stereocenters. The van der Waals surface area contributed by atoms with Crippen molar-refractivity contribution in [3.63, 3.8) is 0 Å². The molecule has 1 aromatic heterocycles. The van der Waals surface area contributed by atoms with Crippen molar-refractivity contribution in [1.29, 1.82) is 0 Å². The van der Waals surface area contributed by atoms with Crippen LogP contribution in [-0.2, 0) is 13.0 Å². The number of hydrogen-bond acceptors (Lipinski definition) is 4. The number of aromatic nitrogens is 1. The van der Waals surface area contributed by atoms with Gasteiger partial charge in [0, 0.05) is 12.1 Å². The highest BCUT2D eigenvalue weighted by Crippen LogP contribution is 2.20. The van der Waals surface area contributed by atoms with Crippen LogP contribution in [-0.4, -0.2) is 11.2 Å². The predicted octanol–water partition coefficient (Wildman–Crippen LogP) is 2.98. The van der Waals surface area contributed by atoms with Crippen LogP contribution in [0.3, 0.4) is 0 Å². The van der Waals surface area contributed by atoms with Crippen LogP contribution in [0.5, 0.6) is 5.75 Å². The number of benzene rings is 1. The van der Waals surface area contributed by atoms with Gasteiger partial charge in [-0.25, -0.2) is 4.39 Å². The van der Waals surface area contributed by atoms with Crippen molar-refractivity contribution in [3.8, 4) is 5.75 Å². The molecule has 2 N–H and O–H groups in total. The van der Waals surface area contributed by atoms with E-state index in [1.165, 1.54) is 6.07 Å². The van der Waals surface area contributed by atoms with E-state index in [9.17, 15) is 4.39 Å². The summed E-state index contributed by atoms with van der Waals surface area (Å²) < 4.78 is 24.2. The van der Waals surface area contributed by atoms with Crippen LogP contribution in [0.2, 0.25) is 0 Å². The van der Waals surface area contributed by atoms with Crippen LogP contribution in [0.4, 0.5) is 4.39 Å².